The van der Waals surface area contributed by atoms with E-state index in [9.17, 15) is 27.2 Å². The summed E-state index contributed by atoms with van der Waals surface area (Å²) in [5, 5.41) is 8.80. The molecule has 2 aromatic carbocycles. The summed E-state index contributed by atoms with van der Waals surface area (Å²) in [7, 11) is 2.38. The topological polar surface area (TPSA) is 138 Å². The molecule has 0 atom stereocenters. The Hall–Kier alpha value is -4.53. The number of imidazole rings is 1. The van der Waals surface area contributed by atoms with Crippen LogP contribution in [0.5, 0.6) is 23.1 Å². The van der Waals surface area contributed by atoms with Gasteiger partial charge in [0.1, 0.15) is 17.9 Å². The highest BCUT2D eigenvalue weighted by Gasteiger charge is 2.24. The van der Waals surface area contributed by atoms with Crippen LogP contribution >= 0.6 is 11.6 Å². The van der Waals surface area contributed by atoms with Gasteiger partial charge in [-0.25, -0.2) is 36.7 Å². The van der Waals surface area contributed by atoms with Gasteiger partial charge < -0.3 is 24.1 Å². The lowest BCUT2D eigenvalue weighted by Gasteiger charge is -2.17. The van der Waals surface area contributed by atoms with E-state index in [-0.39, 0.29) is 50.6 Å². The number of ether oxygens (including phenoxy) is 4. The van der Waals surface area contributed by atoms with Gasteiger partial charge in [0.2, 0.25) is 11.7 Å². The molecule has 0 aliphatic rings. The zero-order chi connectivity index (χ0) is 28.4. The van der Waals surface area contributed by atoms with Crippen molar-refractivity contribution in [1.82, 2.24) is 19.5 Å². The summed E-state index contributed by atoms with van der Waals surface area (Å²) < 4.78 is 76.9. The molecule has 206 valence electrons. The number of halogens is 5. The van der Waals surface area contributed by atoms with Crippen molar-refractivity contribution in [2.45, 2.75) is 13.0 Å². The highest BCUT2D eigenvalue weighted by molar-refractivity contribution is 6.32. The van der Waals surface area contributed by atoms with E-state index in [0.29, 0.717) is 0 Å². The van der Waals surface area contributed by atoms with Crippen LogP contribution in [0.4, 0.5) is 17.6 Å². The Morgan fingerprint density at radius 1 is 1.10 bits per heavy atom. The average Bonchev–Trinajstić information content (AvgIpc) is 3.23. The predicted octanol–water partition coefficient (Wildman–Crippen LogP) is 4.04. The first-order chi connectivity index (χ1) is 18.5. The molecule has 0 saturated heterocycles. The summed E-state index contributed by atoms with van der Waals surface area (Å²) in [6.07, 6.45) is -3.11. The standard InChI is InChI=1S/C23H17ClF4N4O7/c1-36-13-4-3-11(25)17(26)9(13)7-38-15-6-12(10(24)5-14(15)39-8-16(33)34)32-21-18(29-23(32)35)22(37-2)31-20(30-21)19(27)28/h3-6,19H,7-8H2,1-2H3,(H,29,35)(H,33,34). The smallest absolute Gasteiger partial charge is 0.341 e. The molecule has 0 aliphatic heterocycles. The lowest BCUT2D eigenvalue weighted by molar-refractivity contribution is -0.139. The second kappa shape index (κ2) is 11.1. The summed E-state index contributed by atoms with van der Waals surface area (Å²) in [5.41, 5.74) is -1.82. The summed E-state index contributed by atoms with van der Waals surface area (Å²) in [6.45, 7) is -1.47. The molecule has 0 spiro atoms. The number of H-pyrrole nitrogens is 1. The van der Waals surface area contributed by atoms with Gasteiger partial charge in [0, 0.05) is 12.1 Å². The van der Waals surface area contributed by atoms with Gasteiger partial charge in [-0.15, -0.1) is 0 Å². The molecule has 4 aromatic rings. The minimum Gasteiger partial charge on any atom is -0.496 e. The Labute approximate surface area is 220 Å². The van der Waals surface area contributed by atoms with Gasteiger partial charge in [-0.05, 0) is 12.1 Å². The Kier molecular flexibility index (Phi) is 7.80. The maximum absolute atomic E-state index is 14.5. The van der Waals surface area contributed by atoms with Gasteiger partial charge in [0.05, 0.1) is 30.5 Å². The van der Waals surface area contributed by atoms with Gasteiger partial charge in [0.15, 0.2) is 35.4 Å². The molecule has 4 rings (SSSR count). The number of rotatable bonds is 10. The predicted molar refractivity (Wildman–Crippen MR) is 126 cm³/mol. The number of alkyl halides is 2. The molecule has 0 amide bonds. The minimum atomic E-state index is -3.11. The van der Waals surface area contributed by atoms with Gasteiger partial charge in [-0.1, -0.05) is 11.6 Å². The SMILES string of the molecule is COc1ccc(F)c(F)c1COc1cc(-n2c(=O)[nH]c3c(OC)nc(C(F)F)nc32)c(Cl)cc1OCC(=O)O. The van der Waals surface area contributed by atoms with Crippen molar-refractivity contribution in [2.75, 3.05) is 20.8 Å². The van der Waals surface area contributed by atoms with Crippen LogP contribution in [-0.2, 0) is 11.4 Å². The van der Waals surface area contributed by atoms with Gasteiger partial charge >= 0.3 is 11.7 Å². The Bertz CT molecular complexity index is 1630. The Morgan fingerprint density at radius 2 is 1.82 bits per heavy atom. The van der Waals surface area contributed by atoms with Gasteiger partial charge in [-0.3, -0.25) is 4.98 Å². The molecular weight excluding hydrogens is 556 g/mol. The highest BCUT2D eigenvalue weighted by atomic mass is 35.5. The molecule has 0 radical (unpaired) electrons. The Balaban J connectivity index is 1.88. The molecule has 2 aromatic heterocycles. The third-order valence-electron chi connectivity index (χ3n) is 5.26. The summed E-state index contributed by atoms with van der Waals surface area (Å²) in [5.74, 6) is -5.62. The summed E-state index contributed by atoms with van der Waals surface area (Å²) >= 11 is 6.36. The number of carbonyl (C=O) groups is 1. The molecule has 0 saturated carbocycles. The molecule has 2 heterocycles. The lowest BCUT2D eigenvalue weighted by Crippen LogP contribution is -2.16. The van der Waals surface area contributed by atoms with Crippen molar-refractivity contribution in [3.8, 4) is 28.8 Å². The van der Waals surface area contributed by atoms with E-state index in [2.05, 4.69) is 15.0 Å². The van der Waals surface area contributed by atoms with E-state index in [0.717, 1.165) is 29.9 Å². The molecule has 11 nitrogen and oxygen atoms in total. The normalized spacial score (nSPS) is 11.2. The van der Waals surface area contributed by atoms with Crippen molar-refractivity contribution in [3.63, 3.8) is 0 Å². The van der Waals surface area contributed by atoms with Crippen molar-refractivity contribution < 1.29 is 46.4 Å². The largest absolute Gasteiger partial charge is 0.496 e. The van der Waals surface area contributed by atoms with E-state index in [1.165, 1.54) is 13.2 Å². The maximum Gasteiger partial charge on any atom is 0.341 e. The van der Waals surface area contributed by atoms with E-state index >= 15 is 0 Å². The van der Waals surface area contributed by atoms with Crippen LogP contribution in [0.1, 0.15) is 17.8 Å². The molecule has 0 fully saturated rings. The van der Waals surface area contributed by atoms with Crippen LogP contribution in [0.3, 0.4) is 0 Å². The molecule has 0 bridgehead atoms. The van der Waals surface area contributed by atoms with Crippen molar-refractivity contribution in [2.24, 2.45) is 0 Å². The first kappa shape index (κ1) is 27.5. The molecule has 0 unspecified atom stereocenters. The molecule has 16 heteroatoms. The molecular formula is C23H17ClF4N4O7. The number of nitrogens with zero attached hydrogens (tertiary/aromatic N) is 3. The number of hydrogen-bond acceptors (Lipinski definition) is 8. The fraction of sp³-hybridized carbons (Fsp3) is 0.217. The number of methoxy groups -OCH3 is 2. The number of hydrogen-bond donors (Lipinski definition) is 2. The van der Waals surface area contributed by atoms with Crippen LogP contribution in [0.25, 0.3) is 16.9 Å². The average molecular weight is 573 g/mol. The van der Waals surface area contributed by atoms with Crippen LogP contribution in [-0.4, -0.2) is 51.4 Å². The third kappa shape index (κ3) is 5.38. The second-order valence-electron chi connectivity index (χ2n) is 7.62. The van der Waals surface area contributed by atoms with Gasteiger partial charge in [0.25, 0.3) is 6.43 Å². The van der Waals surface area contributed by atoms with Crippen LogP contribution in [0, 0.1) is 11.6 Å². The number of carboxylic acids is 1. The molecule has 39 heavy (non-hydrogen) atoms. The molecule has 2 N–H and O–H groups in total. The highest BCUT2D eigenvalue weighted by Crippen LogP contribution is 2.38. The van der Waals surface area contributed by atoms with Crippen molar-refractivity contribution >= 4 is 28.7 Å². The van der Waals surface area contributed by atoms with Gasteiger partial charge in [-0.2, -0.15) is 4.98 Å². The second-order valence-corrected chi connectivity index (χ2v) is 8.03. The fourth-order valence-corrected chi connectivity index (χ4v) is 3.79. The maximum atomic E-state index is 14.5. The van der Waals surface area contributed by atoms with Crippen molar-refractivity contribution in [1.29, 1.82) is 0 Å². The van der Waals surface area contributed by atoms with Crippen LogP contribution < -0.4 is 24.6 Å². The van der Waals surface area contributed by atoms with E-state index < -0.39 is 48.8 Å². The Morgan fingerprint density at radius 3 is 2.46 bits per heavy atom. The van der Waals surface area contributed by atoms with E-state index in [1.54, 1.807) is 0 Å². The van der Waals surface area contributed by atoms with E-state index in [4.69, 9.17) is 35.7 Å². The summed E-state index contributed by atoms with van der Waals surface area (Å²) in [4.78, 5) is 33.7. The van der Waals surface area contributed by atoms with Crippen LogP contribution in [0.2, 0.25) is 5.02 Å². The first-order valence-corrected chi connectivity index (χ1v) is 11.1. The van der Waals surface area contributed by atoms with E-state index in [1.807, 2.05) is 0 Å². The number of fused-ring (bicyclic) bond motifs is 1. The monoisotopic (exact) mass is 572 g/mol. The first-order valence-electron chi connectivity index (χ1n) is 10.7. The quantitative estimate of drug-likeness (QED) is 0.270. The summed E-state index contributed by atoms with van der Waals surface area (Å²) in [6, 6.07) is 4.22. The zero-order valence-electron chi connectivity index (χ0n) is 19.9. The number of aliphatic carboxylic acids is 1. The number of benzene rings is 2. The fourth-order valence-electron chi connectivity index (χ4n) is 3.56. The number of carboxylic acid groups (broad SMARTS) is 1. The van der Waals surface area contributed by atoms with Crippen LogP contribution in [0.15, 0.2) is 29.1 Å². The minimum absolute atomic E-state index is 0.0488. The lowest BCUT2D eigenvalue weighted by atomic mass is 10.2. The number of aromatic amines is 1. The van der Waals surface area contributed by atoms with Crippen molar-refractivity contribution in [3.05, 3.63) is 62.8 Å². The number of aromatic nitrogens is 4. The third-order valence-corrected chi connectivity index (χ3v) is 5.56. The number of nitrogens with one attached hydrogen (secondary N) is 1. The molecule has 0 aliphatic carbocycles. The zero-order valence-corrected chi connectivity index (χ0v) is 20.7.